The maximum Gasteiger partial charge on any atom is 0.327 e. The molecule has 1 aromatic carbocycles. The van der Waals surface area contributed by atoms with Gasteiger partial charge in [0.2, 0.25) is 0 Å². The number of hydrogen-bond donors (Lipinski definition) is 2. The molecule has 1 heterocycles. The van der Waals surface area contributed by atoms with Gasteiger partial charge in [-0.15, -0.1) is 0 Å². The number of anilines is 1. The molecule has 0 aliphatic carbocycles. The first-order chi connectivity index (χ1) is 9.54. The summed E-state index contributed by atoms with van der Waals surface area (Å²) < 4.78 is 5.06. The van der Waals surface area contributed by atoms with Gasteiger partial charge >= 0.3 is 12.0 Å². The lowest BCUT2D eigenvalue weighted by Gasteiger charge is -2.23. The van der Waals surface area contributed by atoms with E-state index in [0.717, 1.165) is 5.56 Å². The van der Waals surface area contributed by atoms with E-state index in [1.165, 1.54) is 4.90 Å². The van der Waals surface area contributed by atoms with Crippen LogP contribution in [0.4, 0.5) is 10.5 Å². The van der Waals surface area contributed by atoms with Crippen molar-refractivity contribution in [1.82, 2.24) is 5.32 Å². The number of urea groups is 1. The number of ether oxygens (including phenoxy) is 1. The van der Waals surface area contributed by atoms with E-state index >= 15 is 0 Å². The molecule has 0 bridgehead atoms. The van der Waals surface area contributed by atoms with Crippen LogP contribution in [0.5, 0.6) is 0 Å². The van der Waals surface area contributed by atoms with Crippen molar-refractivity contribution in [3.63, 3.8) is 0 Å². The van der Waals surface area contributed by atoms with Gasteiger partial charge in [0, 0.05) is 25.8 Å². The second-order valence-electron chi connectivity index (χ2n) is 4.79. The van der Waals surface area contributed by atoms with E-state index in [-0.39, 0.29) is 6.10 Å². The van der Waals surface area contributed by atoms with Crippen molar-refractivity contribution in [3.05, 3.63) is 29.8 Å². The van der Waals surface area contributed by atoms with E-state index in [9.17, 15) is 14.7 Å². The predicted octanol–water partition coefficient (Wildman–Crippen LogP) is 1.25. The lowest BCUT2D eigenvalue weighted by molar-refractivity contribution is -0.138. The van der Waals surface area contributed by atoms with Crippen LogP contribution in [0.1, 0.15) is 12.5 Å². The summed E-state index contributed by atoms with van der Waals surface area (Å²) in [6, 6.07) is 5.97. The van der Waals surface area contributed by atoms with Gasteiger partial charge in [0.25, 0.3) is 0 Å². The Labute approximate surface area is 117 Å². The highest BCUT2D eigenvalue weighted by Gasteiger charge is 2.38. The van der Waals surface area contributed by atoms with Gasteiger partial charge in [0.15, 0.2) is 0 Å². The van der Waals surface area contributed by atoms with Crippen molar-refractivity contribution in [1.29, 1.82) is 0 Å². The number of para-hydroxylation sites is 1. The van der Waals surface area contributed by atoms with E-state index in [4.69, 9.17) is 4.74 Å². The number of carbonyl (C=O) groups excluding carboxylic acids is 1. The summed E-state index contributed by atoms with van der Waals surface area (Å²) in [6.07, 6.45) is 0.207. The fraction of sp³-hybridized carbons (Fsp3) is 0.429. The molecule has 2 rings (SSSR count). The summed E-state index contributed by atoms with van der Waals surface area (Å²) in [5, 5.41) is 12.0. The molecule has 108 valence electrons. The van der Waals surface area contributed by atoms with E-state index in [0.29, 0.717) is 18.7 Å². The maximum absolute atomic E-state index is 12.2. The van der Waals surface area contributed by atoms with Crippen LogP contribution in [0.3, 0.4) is 0 Å². The molecule has 0 saturated carbocycles. The van der Waals surface area contributed by atoms with Crippen LogP contribution < -0.4 is 10.2 Å². The molecule has 1 aromatic rings. The molecule has 2 amide bonds. The van der Waals surface area contributed by atoms with Crippen molar-refractivity contribution in [2.24, 2.45) is 0 Å². The Morgan fingerprint density at radius 2 is 2.20 bits per heavy atom. The van der Waals surface area contributed by atoms with Gasteiger partial charge in [-0.2, -0.15) is 0 Å². The number of carboxylic acid groups (broad SMARTS) is 1. The van der Waals surface area contributed by atoms with E-state index in [1.807, 2.05) is 19.1 Å². The predicted molar refractivity (Wildman–Crippen MR) is 73.9 cm³/mol. The van der Waals surface area contributed by atoms with Crippen molar-refractivity contribution < 1.29 is 19.4 Å². The largest absolute Gasteiger partial charge is 0.480 e. The van der Waals surface area contributed by atoms with Crippen LogP contribution in [-0.2, 0) is 16.0 Å². The molecule has 1 unspecified atom stereocenters. The minimum absolute atomic E-state index is 0.125. The lowest BCUT2D eigenvalue weighted by atomic mass is 10.1. The summed E-state index contributed by atoms with van der Waals surface area (Å²) >= 11 is 0. The maximum atomic E-state index is 12.2. The van der Waals surface area contributed by atoms with Gasteiger partial charge < -0.3 is 15.2 Å². The number of aliphatic carboxylic acids is 1. The third-order valence-corrected chi connectivity index (χ3v) is 3.42. The first-order valence-electron chi connectivity index (χ1n) is 6.45. The first kappa shape index (κ1) is 14.3. The number of amides is 2. The van der Waals surface area contributed by atoms with Crippen LogP contribution in [-0.4, -0.2) is 42.9 Å². The molecule has 0 radical (unpaired) electrons. The average Bonchev–Trinajstić information content (AvgIpc) is 2.84. The first-order valence-corrected chi connectivity index (χ1v) is 6.45. The Hall–Kier alpha value is -2.08. The Bertz CT molecular complexity index is 518. The number of benzene rings is 1. The molecular formula is C14H18N2O4. The molecular weight excluding hydrogens is 260 g/mol. The van der Waals surface area contributed by atoms with Crippen LogP contribution in [0, 0.1) is 0 Å². The number of hydrogen-bond acceptors (Lipinski definition) is 3. The second kappa shape index (κ2) is 5.92. The molecule has 0 aromatic heterocycles. The molecule has 0 saturated heterocycles. The number of fused-ring (bicyclic) bond motifs is 1. The topological polar surface area (TPSA) is 78.9 Å². The van der Waals surface area contributed by atoms with E-state index in [2.05, 4.69) is 5.32 Å². The lowest BCUT2D eigenvalue weighted by Crippen LogP contribution is -2.49. The third-order valence-electron chi connectivity index (χ3n) is 3.42. The minimum atomic E-state index is -1.00. The van der Waals surface area contributed by atoms with Crippen LogP contribution in [0.25, 0.3) is 0 Å². The zero-order valence-corrected chi connectivity index (χ0v) is 11.5. The van der Waals surface area contributed by atoms with Crippen molar-refractivity contribution >= 4 is 17.7 Å². The highest BCUT2D eigenvalue weighted by molar-refractivity contribution is 6.01. The quantitative estimate of drug-likeness (QED) is 0.868. The van der Waals surface area contributed by atoms with Crippen LogP contribution in [0.2, 0.25) is 0 Å². The van der Waals surface area contributed by atoms with E-state index in [1.54, 1.807) is 19.2 Å². The smallest absolute Gasteiger partial charge is 0.327 e. The molecule has 0 spiro atoms. The third kappa shape index (κ3) is 2.75. The number of carboxylic acids is 1. The molecule has 0 fully saturated rings. The fourth-order valence-corrected chi connectivity index (χ4v) is 2.23. The summed E-state index contributed by atoms with van der Waals surface area (Å²) in [6.45, 7) is 2.16. The van der Waals surface area contributed by atoms with Crippen molar-refractivity contribution in [2.75, 3.05) is 18.6 Å². The summed E-state index contributed by atoms with van der Waals surface area (Å²) in [5.41, 5.74) is 1.53. The molecule has 6 heteroatoms. The number of carbonyl (C=O) groups is 2. The standard InChI is InChI=1S/C14H18N2O4/c1-9(20-2)8-15-14(19)16-11-6-4-3-5-10(11)7-12(16)13(17)18/h3-6,9,12H,7-8H2,1-2H3,(H,15,19)(H,17,18)/t9?,12-/m0/s1. The highest BCUT2D eigenvalue weighted by atomic mass is 16.5. The number of rotatable bonds is 4. The fourth-order valence-electron chi connectivity index (χ4n) is 2.23. The van der Waals surface area contributed by atoms with Crippen molar-refractivity contribution in [3.8, 4) is 0 Å². The Morgan fingerprint density at radius 3 is 2.85 bits per heavy atom. The average molecular weight is 278 g/mol. The zero-order chi connectivity index (χ0) is 14.7. The minimum Gasteiger partial charge on any atom is -0.480 e. The summed E-state index contributed by atoms with van der Waals surface area (Å²) in [4.78, 5) is 24.9. The normalized spacial score (nSPS) is 18.5. The van der Waals surface area contributed by atoms with Gasteiger partial charge in [-0.1, -0.05) is 18.2 Å². The zero-order valence-electron chi connectivity index (χ0n) is 11.5. The molecule has 2 N–H and O–H groups in total. The van der Waals surface area contributed by atoms with Gasteiger partial charge in [-0.05, 0) is 18.6 Å². The number of nitrogens with one attached hydrogen (secondary N) is 1. The SMILES string of the molecule is COC(C)CNC(=O)N1c2ccccc2C[C@H]1C(=O)O. The summed E-state index contributed by atoms with van der Waals surface area (Å²) in [5.74, 6) is -1.00. The molecule has 6 nitrogen and oxygen atoms in total. The van der Waals surface area contributed by atoms with Gasteiger partial charge in [-0.3, -0.25) is 4.90 Å². The molecule has 2 atom stereocenters. The van der Waals surface area contributed by atoms with Crippen LogP contribution >= 0.6 is 0 Å². The monoisotopic (exact) mass is 278 g/mol. The summed E-state index contributed by atoms with van der Waals surface area (Å²) in [7, 11) is 1.56. The number of nitrogens with zero attached hydrogens (tertiary/aromatic N) is 1. The Balaban J connectivity index is 2.18. The van der Waals surface area contributed by atoms with Gasteiger partial charge in [0.05, 0.1) is 6.10 Å². The van der Waals surface area contributed by atoms with Crippen LogP contribution in [0.15, 0.2) is 24.3 Å². The van der Waals surface area contributed by atoms with Gasteiger partial charge in [0.1, 0.15) is 6.04 Å². The highest BCUT2D eigenvalue weighted by Crippen LogP contribution is 2.32. The molecule has 1 aliphatic heterocycles. The molecule has 1 aliphatic rings. The number of methoxy groups -OCH3 is 1. The molecule has 20 heavy (non-hydrogen) atoms. The van der Waals surface area contributed by atoms with E-state index < -0.39 is 18.0 Å². The second-order valence-corrected chi connectivity index (χ2v) is 4.79. The van der Waals surface area contributed by atoms with Crippen molar-refractivity contribution in [2.45, 2.75) is 25.5 Å². The Morgan fingerprint density at radius 1 is 1.50 bits per heavy atom. The van der Waals surface area contributed by atoms with Gasteiger partial charge in [-0.25, -0.2) is 9.59 Å². The Kier molecular flexibility index (Phi) is 4.24.